The van der Waals surface area contributed by atoms with Crippen LogP contribution in [-0.4, -0.2) is 33.3 Å². The van der Waals surface area contributed by atoms with Gasteiger partial charge in [0.05, 0.1) is 20.8 Å². The number of amides is 1. The first-order valence-electron chi connectivity index (χ1n) is 8.25. The van der Waals surface area contributed by atoms with Crippen molar-refractivity contribution in [2.24, 2.45) is 0 Å². The Morgan fingerprint density at radius 1 is 1.04 bits per heavy atom. The van der Waals surface area contributed by atoms with Gasteiger partial charge < -0.3 is 19.5 Å². The number of nitrogens with one attached hydrogen (secondary N) is 1. The lowest BCUT2D eigenvalue weighted by Crippen LogP contribution is -2.21. The molecule has 0 heterocycles. The molecule has 0 atom stereocenters. The van der Waals surface area contributed by atoms with Crippen molar-refractivity contribution in [3.63, 3.8) is 0 Å². The first-order chi connectivity index (χ1) is 13.5. The first-order valence-corrected chi connectivity index (χ1v) is 8.25. The number of methoxy groups -OCH3 is 2. The number of ether oxygens (including phenoxy) is 3. The van der Waals surface area contributed by atoms with Gasteiger partial charge in [-0.3, -0.25) is 4.79 Å². The normalized spacial score (nSPS) is 10.1. The van der Waals surface area contributed by atoms with E-state index in [1.54, 1.807) is 31.4 Å². The van der Waals surface area contributed by atoms with Crippen LogP contribution in [0.2, 0.25) is 0 Å². The van der Waals surface area contributed by atoms with E-state index in [9.17, 15) is 13.6 Å². The minimum atomic E-state index is -0.796. The summed E-state index contributed by atoms with van der Waals surface area (Å²) in [6.45, 7) is 0.0181. The zero-order valence-electron chi connectivity index (χ0n) is 15.4. The molecule has 28 heavy (non-hydrogen) atoms. The lowest BCUT2D eigenvalue weighted by molar-refractivity contribution is -0.116. The fraction of sp³-hybridized carbons (Fsp3) is 0.190. The molecule has 2 rings (SSSR count). The van der Waals surface area contributed by atoms with Crippen molar-refractivity contribution in [2.75, 3.05) is 27.4 Å². The Hall–Kier alpha value is -3.53. The molecule has 0 aromatic heterocycles. The smallest absolute Gasteiger partial charge is 0.244 e. The Morgan fingerprint density at radius 2 is 1.79 bits per heavy atom. The molecule has 0 saturated heterocycles. The van der Waals surface area contributed by atoms with E-state index in [-0.39, 0.29) is 24.8 Å². The quantitative estimate of drug-likeness (QED) is 0.586. The Morgan fingerprint density at radius 3 is 2.50 bits per heavy atom. The summed E-state index contributed by atoms with van der Waals surface area (Å²) in [6, 6.07) is 8.29. The molecule has 0 aliphatic rings. The van der Waals surface area contributed by atoms with E-state index in [0.29, 0.717) is 11.5 Å². The molecule has 0 bridgehead atoms. The van der Waals surface area contributed by atoms with Crippen LogP contribution in [0, 0.1) is 23.5 Å². The van der Waals surface area contributed by atoms with E-state index in [2.05, 4.69) is 17.2 Å². The molecule has 0 spiro atoms. The van der Waals surface area contributed by atoms with E-state index >= 15 is 0 Å². The maximum absolute atomic E-state index is 13.4. The van der Waals surface area contributed by atoms with E-state index in [4.69, 9.17) is 14.2 Å². The van der Waals surface area contributed by atoms with Gasteiger partial charge >= 0.3 is 0 Å². The van der Waals surface area contributed by atoms with Gasteiger partial charge in [0.2, 0.25) is 5.91 Å². The Balaban J connectivity index is 1.77. The fourth-order valence-corrected chi connectivity index (χ4v) is 2.14. The van der Waals surface area contributed by atoms with Gasteiger partial charge in [-0.1, -0.05) is 17.9 Å². The van der Waals surface area contributed by atoms with E-state index in [0.717, 1.165) is 17.7 Å². The predicted molar refractivity (Wildman–Crippen MR) is 101 cm³/mol. The average molecular weight is 387 g/mol. The molecule has 2 aromatic carbocycles. The highest BCUT2D eigenvalue weighted by Crippen LogP contribution is 2.27. The third kappa shape index (κ3) is 6.32. The highest BCUT2D eigenvalue weighted by Gasteiger charge is 2.04. The van der Waals surface area contributed by atoms with E-state index < -0.39 is 11.6 Å². The third-order valence-electron chi connectivity index (χ3n) is 3.50. The molecule has 0 aliphatic heterocycles. The second kappa shape index (κ2) is 10.6. The minimum Gasteiger partial charge on any atom is -0.493 e. The monoisotopic (exact) mass is 387 g/mol. The summed E-state index contributed by atoms with van der Waals surface area (Å²) in [5.74, 6) is 4.58. The summed E-state index contributed by atoms with van der Waals surface area (Å²) in [6.07, 6.45) is 3.00. The number of carbonyl (C=O) groups excluding carboxylic acids is 1. The van der Waals surface area contributed by atoms with Crippen LogP contribution in [0.5, 0.6) is 17.2 Å². The van der Waals surface area contributed by atoms with Crippen molar-refractivity contribution < 1.29 is 27.8 Å². The van der Waals surface area contributed by atoms with Crippen LogP contribution in [-0.2, 0) is 4.79 Å². The van der Waals surface area contributed by atoms with Crippen LogP contribution in [0.15, 0.2) is 42.5 Å². The second-order valence-electron chi connectivity index (χ2n) is 5.38. The van der Waals surface area contributed by atoms with Crippen LogP contribution < -0.4 is 19.5 Å². The van der Waals surface area contributed by atoms with Gasteiger partial charge in [-0.2, -0.15) is 0 Å². The van der Waals surface area contributed by atoms with Crippen LogP contribution in [0.4, 0.5) is 8.78 Å². The molecule has 2 aromatic rings. The molecule has 0 fully saturated rings. The zero-order chi connectivity index (χ0) is 20.4. The lowest BCUT2D eigenvalue weighted by atomic mass is 10.2. The fourth-order valence-electron chi connectivity index (χ4n) is 2.14. The Bertz CT molecular complexity index is 916. The molecule has 0 radical (unpaired) electrons. The van der Waals surface area contributed by atoms with Gasteiger partial charge in [0.25, 0.3) is 0 Å². The topological polar surface area (TPSA) is 56.8 Å². The SMILES string of the molecule is COc1ccc(/C=C/C(=O)NCC#CCOc2ccc(F)cc2F)cc1OC. The summed E-state index contributed by atoms with van der Waals surface area (Å²) in [5, 5.41) is 2.59. The molecule has 0 unspecified atom stereocenters. The van der Waals surface area contributed by atoms with Gasteiger partial charge in [-0.05, 0) is 35.9 Å². The van der Waals surface area contributed by atoms with Crippen molar-refractivity contribution in [3.8, 4) is 29.1 Å². The predicted octanol–water partition coefficient (Wildman–Crippen LogP) is 3.19. The summed E-state index contributed by atoms with van der Waals surface area (Å²) >= 11 is 0. The number of halogens is 2. The molecular formula is C21H19F2NO4. The maximum atomic E-state index is 13.4. The summed E-state index contributed by atoms with van der Waals surface area (Å²) in [4.78, 5) is 11.8. The van der Waals surface area contributed by atoms with E-state index in [1.165, 1.54) is 19.3 Å². The summed E-state index contributed by atoms with van der Waals surface area (Å²) in [7, 11) is 3.08. The number of benzene rings is 2. The second-order valence-corrected chi connectivity index (χ2v) is 5.38. The minimum absolute atomic E-state index is 0.0834. The van der Waals surface area contributed by atoms with E-state index in [1.807, 2.05) is 0 Å². The summed E-state index contributed by atoms with van der Waals surface area (Å²) in [5.41, 5.74) is 0.772. The van der Waals surface area contributed by atoms with Gasteiger partial charge in [0.1, 0.15) is 12.4 Å². The molecule has 7 heteroatoms. The van der Waals surface area contributed by atoms with Crippen molar-refractivity contribution in [2.45, 2.75) is 0 Å². The number of hydrogen-bond donors (Lipinski definition) is 1. The van der Waals surface area contributed by atoms with Crippen LogP contribution >= 0.6 is 0 Å². The lowest BCUT2D eigenvalue weighted by Gasteiger charge is -2.07. The van der Waals surface area contributed by atoms with Gasteiger partial charge in [-0.15, -0.1) is 0 Å². The molecule has 5 nitrogen and oxygen atoms in total. The molecule has 146 valence electrons. The molecule has 0 saturated carbocycles. The van der Waals surface area contributed by atoms with Gasteiger partial charge in [0, 0.05) is 12.1 Å². The molecule has 1 N–H and O–H groups in total. The zero-order valence-corrected chi connectivity index (χ0v) is 15.4. The van der Waals surface area contributed by atoms with Gasteiger partial charge in [0.15, 0.2) is 23.1 Å². The third-order valence-corrected chi connectivity index (χ3v) is 3.50. The van der Waals surface area contributed by atoms with Crippen LogP contribution in [0.3, 0.4) is 0 Å². The number of hydrogen-bond acceptors (Lipinski definition) is 4. The van der Waals surface area contributed by atoms with Crippen molar-refractivity contribution >= 4 is 12.0 Å². The standard InChI is InChI=1S/C21H19F2NO4/c1-26-19-8-5-15(13-20(19)27-2)6-10-21(25)24-11-3-4-12-28-18-9-7-16(22)14-17(18)23/h5-10,13-14H,11-12H2,1-2H3,(H,24,25)/b10-6+. The molecule has 1 amide bonds. The average Bonchev–Trinajstić information content (AvgIpc) is 2.70. The van der Waals surface area contributed by atoms with Crippen LogP contribution in [0.25, 0.3) is 6.08 Å². The summed E-state index contributed by atoms with van der Waals surface area (Å²) < 4.78 is 41.6. The largest absolute Gasteiger partial charge is 0.493 e. The van der Waals surface area contributed by atoms with Crippen LogP contribution in [0.1, 0.15) is 5.56 Å². The molecular weight excluding hydrogens is 368 g/mol. The number of carbonyl (C=O) groups is 1. The Labute approximate surface area is 161 Å². The highest BCUT2D eigenvalue weighted by molar-refractivity contribution is 5.91. The Kier molecular flexibility index (Phi) is 7.85. The highest BCUT2D eigenvalue weighted by atomic mass is 19.1. The van der Waals surface area contributed by atoms with Crippen molar-refractivity contribution in [1.82, 2.24) is 5.32 Å². The van der Waals surface area contributed by atoms with Gasteiger partial charge in [-0.25, -0.2) is 8.78 Å². The molecule has 0 aliphatic carbocycles. The van der Waals surface area contributed by atoms with Crippen molar-refractivity contribution in [1.29, 1.82) is 0 Å². The maximum Gasteiger partial charge on any atom is 0.244 e. The van der Waals surface area contributed by atoms with Crippen molar-refractivity contribution in [3.05, 3.63) is 59.7 Å². The number of rotatable bonds is 7. The first kappa shape index (κ1) is 20.8.